The summed E-state index contributed by atoms with van der Waals surface area (Å²) < 4.78 is 7.34. The molecule has 4 heterocycles. The van der Waals surface area contributed by atoms with Gasteiger partial charge in [-0.3, -0.25) is 4.79 Å². The molecule has 1 saturated heterocycles. The zero-order valence-electron chi connectivity index (χ0n) is 19.9. The highest BCUT2D eigenvalue weighted by Gasteiger charge is 2.33. The monoisotopic (exact) mass is 448 g/mol. The topological polar surface area (TPSA) is 75.5 Å². The number of aromatic nitrogens is 3. The molecule has 8 nitrogen and oxygen atoms in total. The number of likely N-dealkylation sites (tertiary alicyclic amines) is 1. The van der Waals surface area contributed by atoms with Crippen molar-refractivity contribution in [3.05, 3.63) is 47.0 Å². The number of nitrogens with one attached hydrogen (secondary N) is 1. The van der Waals surface area contributed by atoms with Crippen molar-refractivity contribution in [2.75, 3.05) is 39.6 Å². The first-order chi connectivity index (χ1) is 16.0. The number of hydrogen-bond donors (Lipinski definition) is 1. The number of hydrogen-bond acceptors (Lipinski definition) is 6. The highest BCUT2D eigenvalue weighted by atomic mass is 16.5. The number of likely N-dealkylation sites (N-methyl/N-ethyl adjacent to an activating group) is 1. The van der Waals surface area contributed by atoms with Crippen LogP contribution in [0.1, 0.15) is 52.9 Å². The van der Waals surface area contributed by atoms with Gasteiger partial charge in [0.25, 0.3) is 5.91 Å². The maximum absolute atomic E-state index is 13.8. The van der Waals surface area contributed by atoms with Gasteiger partial charge in [0.1, 0.15) is 17.3 Å². The van der Waals surface area contributed by atoms with E-state index in [0.717, 1.165) is 72.8 Å². The Morgan fingerprint density at radius 1 is 1.15 bits per heavy atom. The minimum absolute atomic E-state index is 0.0295. The summed E-state index contributed by atoms with van der Waals surface area (Å²) in [4.78, 5) is 28.0. The Morgan fingerprint density at radius 3 is 2.79 bits per heavy atom. The molecule has 0 radical (unpaired) electrons. The molecule has 1 fully saturated rings. The molecule has 1 amide bonds. The van der Waals surface area contributed by atoms with Crippen LogP contribution < -0.4 is 10.1 Å². The van der Waals surface area contributed by atoms with E-state index in [0.29, 0.717) is 12.2 Å². The number of anilines is 1. The summed E-state index contributed by atoms with van der Waals surface area (Å²) in [5.74, 6) is 2.47. The van der Waals surface area contributed by atoms with Crippen molar-refractivity contribution in [3.8, 4) is 5.75 Å². The quantitative estimate of drug-likeness (QED) is 0.660. The van der Waals surface area contributed by atoms with Crippen molar-refractivity contribution >= 4 is 22.6 Å². The van der Waals surface area contributed by atoms with E-state index in [1.165, 1.54) is 5.56 Å². The third-order valence-corrected chi connectivity index (χ3v) is 7.04. The number of carbonyl (C=O) groups excluding carboxylic acids is 1. The minimum Gasteiger partial charge on any atom is -0.497 e. The zero-order valence-corrected chi connectivity index (χ0v) is 19.9. The Kier molecular flexibility index (Phi) is 5.70. The molecule has 0 spiro atoms. The number of carbonyl (C=O) groups is 1. The summed E-state index contributed by atoms with van der Waals surface area (Å²) in [6.45, 7) is 2.53. The number of amides is 1. The second kappa shape index (κ2) is 8.67. The van der Waals surface area contributed by atoms with Gasteiger partial charge >= 0.3 is 0 Å². The van der Waals surface area contributed by atoms with Crippen molar-refractivity contribution < 1.29 is 9.53 Å². The van der Waals surface area contributed by atoms with Crippen LogP contribution in [0.2, 0.25) is 0 Å². The molecule has 33 heavy (non-hydrogen) atoms. The zero-order chi connectivity index (χ0) is 23.1. The fourth-order valence-electron chi connectivity index (χ4n) is 5.19. The molecule has 174 valence electrons. The lowest BCUT2D eigenvalue weighted by atomic mass is 9.99. The molecule has 5 rings (SSSR count). The van der Waals surface area contributed by atoms with Gasteiger partial charge < -0.3 is 24.4 Å². The molecule has 1 aromatic carbocycles. The van der Waals surface area contributed by atoms with E-state index in [9.17, 15) is 4.79 Å². The summed E-state index contributed by atoms with van der Waals surface area (Å²) >= 11 is 0. The number of fused-ring (bicyclic) bond motifs is 2. The van der Waals surface area contributed by atoms with Crippen molar-refractivity contribution in [2.24, 2.45) is 7.05 Å². The molecule has 2 aromatic heterocycles. The van der Waals surface area contributed by atoms with Crippen molar-refractivity contribution in [1.29, 1.82) is 0 Å². The average Bonchev–Trinajstić information content (AvgIpc) is 3.18. The third-order valence-electron chi connectivity index (χ3n) is 7.04. The molecule has 2 aliphatic rings. The molecule has 1 atom stereocenters. The maximum Gasteiger partial charge on any atom is 0.271 e. The molecule has 2 aliphatic heterocycles. The van der Waals surface area contributed by atoms with Crippen LogP contribution in [0.3, 0.4) is 0 Å². The SMILES string of the molecule is CNc1nc(C2CCCCN2C(=O)c2cc3cc(OC)ccc3n2C)nc2c1CCN(C)C2. The van der Waals surface area contributed by atoms with Crippen LogP contribution in [-0.2, 0) is 20.0 Å². The normalized spacial score (nSPS) is 18.9. The predicted octanol–water partition coefficient (Wildman–Crippen LogP) is 3.37. The largest absolute Gasteiger partial charge is 0.497 e. The first-order valence-corrected chi connectivity index (χ1v) is 11.7. The lowest BCUT2D eigenvalue weighted by Crippen LogP contribution is -2.40. The Hall–Kier alpha value is -3.13. The Labute approximate surface area is 194 Å². The molecule has 0 aliphatic carbocycles. The number of rotatable bonds is 4. The molecule has 8 heteroatoms. The van der Waals surface area contributed by atoms with Gasteiger partial charge in [0.05, 0.1) is 18.8 Å². The van der Waals surface area contributed by atoms with E-state index in [-0.39, 0.29) is 11.9 Å². The van der Waals surface area contributed by atoms with Gasteiger partial charge in [-0.05, 0) is 57.0 Å². The lowest BCUT2D eigenvalue weighted by molar-refractivity contribution is 0.0590. The lowest BCUT2D eigenvalue weighted by Gasteiger charge is -2.36. The average molecular weight is 449 g/mol. The summed E-state index contributed by atoms with van der Waals surface area (Å²) in [5.41, 5.74) is 3.97. The summed E-state index contributed by atoms with van der Waals surface area (Å²) in [6, 6.07) is 7.75. The second-order valence-corrected chi connectivity index (χ2v) is 9.12. The van der Waals surface area contributed by atoms with Crippen LogP contribution >= 0.6 is 0 Å². The van der Waals surface area contributed by atoms with Gasteiger partial charge in [0.15, 0.2) is 5.82 Å². The summed E-state index contributed by atoms with van der Waals surface area (Å²) in [6.07, 6.45) is 3.87. The molecule has 3 aromatic rings. The van der Waals surface area contributed by atoms with E-state index in [2.05, 4.69) is 17.3 Å². The van der Waals surface area contributed by atoms with E-state index >= 15 is 0 Å². The highest BCUT2D eigenvalue weighted by molar-refractivity contribution is 5.99. The second-order valence-electron chi connectivity index (χ2n) is 9.12. The minimum atomic E-state index is -0.122. The third kappa shape index (κ3) is 3.82. The standard InChI is InChI=1S/C25H32N6O2/c1-26-23-18-10-12-29(2)15-19(18)27-24(28-23)21-7-5-6-11-31(21)25(32)22-14-16-13-17(33-4)8-9-20(16)30(22)3/h8-9,13-14,21H,5-7,10-12,15H2,1-4H3,(H,26,27,28). The van der Waals surface area contributed by atoms with Crippen LogP contribution in [0, 0.1) is 0 Å². The van der Waals surface area contributed by atoms with Gasteiger partial charge in [-0.25, -0.2) is 9.97 Å². The molecule has 1 unspecified atom stereocenters. The van der Waals surface area contributed by atoms with Gasteiger partial charge in [0.2, 0.25) is 0 Å². The van der Waals surface area contributed by atoms with Crippen molar-refractivity contribution in [1.82, 2.24) is 24.3 Å². The summed E-state index contributed by atoms with van der Waals surface area (Å²) in [5, 5.41) is 4.27. The van der Waals surface area contributed by atoms with Gasteiger partial charge in [-0.15, -0.1) is 0 Å². The number of aryl methyl sites for hydroxylation is 1. The van der Waals surface area contributed by atoms with E-state index in [4.69, 9.17) is 14.7 Å². The van der Waals surface area contributed by atoms with E-state index in [1.807, 2.05) is 47.8 Å². The van der Waals surface area contributed by atoms with Gasteiger partial charge in [-0.1, -0.05) is 0 Å². The van der Waals surface area contributed by atoms with Crippen LogP contribution in [0.4, 0.5) is 5.82 Å². The fraction of sp³-hybridized carbons (Fsp3) is 0.480. The first-order valence-electron chi connectivity index (χ1n) is 11.7. The number of ether oxygens (including phenoxy) is 1. The first kappa shape index (κ1) is 21.7. The predicted molar refractivity (Wildman–Crippen MR) is 129 cm³/mol. The van der Waals surface area contributed by atoms with Crippen LogP contribution in [0.15, 0.2) is 24.3 Å². The molecular formula is C25H32N6O2. The Morgan fingerprint density at radius 2 is 2.00 bits per heavy atom. The smallest absolute Gasteiger partial charge is 0.271 e. The van der Waals surface area contributed by atoms with E-state index < -0.39 is 0 Å². The Balaban J connectivity index is 1.52. The Bertz CT molecular complexity index is 1200. The van der Waals surface area contributed by atoms with E-state index in [1.54, 1.807) is 7.11 Å². The fourth-order valence-corrected chi connectivity index (χ4v) is 5.19. The van der Waals surface area contributed by atoms with Crippen LogP contribution in [0.5, 0.6) is 5.75 Å². The number of methoxy groups -OCH3 is 1. The number of benzene rings is 1. The highest BCUT2D eigenvalue weighted by Crippen LogP contribution is 2.34. The van der Waals surface area contributed by atoms with Crippen LogP contribution in [-0.4, -0.2) is 64.5 Å². The number of nitrogens with zero attached hydrogens (tertiary/aromatic N) is 5. The van der Waals surface area contributed by atoms with Gasteiger partial charge in [-0.2, -0.15) is 0 Å². The van der Waals surface area contributed by atoms with Crippen LogP contribution in [0.25, 0.3) is 10.9 Å². The molecule has 0 saturated carbocycles. The van der Waals surface area contributed by atoms with Crippen molar-refractivity contribution in [3.63, 3.8) is 0 Å². The molecular weight excluding hydrogens is 416 g/mol. The number of piperidine rings is 1. The maximum atomic E-state index is 13.8. The molecule has 1 N–H and O–H groups in total. The van der Waals surface area contributed by atoms with Crippen molar-refractivity contribution in [2.45, 2.75) is 38.3 Å². The summed E-state index contributed by atoms with van der Waals surface area (Å²) in [7, 11) is 7.64. The van der Waals surface area contributed by atoms with Gasteiger partial charge in [0, 0.05) is 50.2 Å². The molecule has 0 bridgehead atoms.